The van der Waals surface area contributed by atoms with Crippen molar-refractivity contribution in [3.05, 3.63) is 59.1 Å². The molecule has 0 radical (unpaired) electrons. The second kappa shape index (κ2) is 9.76. The zero-order valence-corrected chi connectivity index (χ0v) is 17.5. The predicted molar refractivity (Wildman–Crippen MR) is 115 cm³/mol. The molecular weight excluding hydrogens is 390 g/mol. The van der Waals surface area contributed by atoms with Crippen LogP contribution < -0.4 is 10.1 Å². The summed E-state index contributed by atoms with van der Waals surface area (Å²) in [6.45, 7) is 6.67. The Labute approximate surface area is 176 Å². The molecule has 1 saturated heterocycles. The van der Waals surface area contributed by atoms with Crippen LogP contribution in [0.5, 0.6) is 5.75 Å². The van der Waals surface area contributed by atoms with Crippen LogP contribution in [0.15, 0.2) is 48.5 Å². The topological polar surface area (TPSA) is 61.9 Å². The highest BCUT2D eigenvalue weighted by atomic mass is 35.5. The molecule has 7 heteroatoms. The number of ether oxygens (including phenoxy) is 1. The highest BCUT2D eigenvalue weighted by Crippen LogP contribution is 2.20. The monoisotopic (exact) mass is 415 g/mol. The highest BCUT2D eigenvalue weighted by Gasteiger charge is 2.23. The molecule has 6 nitrogen and oxygen atoms in total. The molecule has 1 fully saturated rings. The first-order valence-electron chi connectivity index (χ1n) is 9.75. The minimum atomic E-state index is -0.112. The lowest BCUT2D eigenvalue weighted by Crippen LogP contribution is -2.50. The summed E-state index contributed by atoms with van der Waals surface area (Å²) in [5.41, 5.74) is 1.25. The number of amides is 2. The fourth-order valence-electron chi connectivity index (χ4n) is 3.20. The lowest BCUT2D eigenvalue weighted by atomic mass is 10.1. The van der Waals surface area contributed by atoms with E-state index in [2.05, 4.69) is 5.32 Å². The van der Waals surface area contributed by atoms with Crippen molar-refractivity contribution >= 4 is 29.1 Å². The van der Waals surface area contributed by atoms with E-state index in [1.807, 2.05) is 47.9 Å². The van der Waals surface area contributed by atoms with Crippen molar-refractivity contribution in [3.8, 4) is 5.75 Å². The number of nitrogens with one attached hydrogen (secondary N) is 1. The van der Waals surface area contributed by atoms with E-state index in [1.54, 1.807) is 24.3 Å². The van der Waals surface area contributed by atoms with Crippen molar-refractivity contribution in [2.75, 3.05) is 38.0 Å². The third kappa shape index (κ3) is 5.95. The number of hydrogen-bond acceptors (Lipinski definition) is 4. The molecule has 1 aliphatic heterocycles. The second-order valence-corrected chi connectivity index (χ2v) is 7.69. The average molecular weight is 416 g/mol. The maximum atomic E-state index is 12.7. The molecule has 1 heterocycles. The van der Waals surface area contributed by atoms with Crippen molar-refractivity contribution in [1.29, 1.82) is 0 Å². The molecule has 2 aromatic carbocycles. The minimum absolute atomic E-state index is 0.00117. The van der Waals surface area contributed by atoms with Crippen LogP contribution in [0.4, 0.5) is 5.69 Å². The van der Waals surface area contributed by atoms with E-state index in [9.17, 15) is 9.59 Å². The molecule has 0 unspecified atom stereocenters. The lowest BCUT2D eigenvalue weighted by Gasteiger charge is -2.34. The Hall–Kier alpha value is -2.57. The van der Waals surface area contributed by atoms with Crippen molar-refractivity contribution in [2.24, 2.45) is 0 Å². The lowest BCUT2D eigenvalue weighted by molar-refractivity contribution is -0.117. The van der Waals surface area contributed by atoms with Gasteiger partial charge in [0.1, 0.15) is 5.75 Å². The van der Waals surface area contributed by atoms with Crippen LogP contribution >= 0.6 is 11.6 Å². The molecule has 0 aromatic heterocycles. The third-order valence-electron chi connectivity index (χ3n) is 4.65. The van der Waals surface area contributed by atoms with Crippen LogP contribution in [-0.4, -0.2) is 60.4 Å². The second-order valence-electron chi connectivity index (χ2n) is 7.29. The van der Waals surface area contributed by atoms with Crippen molar-refractivity contribution in [1.82, 2.24) is 9.80 Å². The van der Waals surface area contributed by atoms with Gasteiger partial charge in [0, 0.05) is 31.7 Å². The summed E-state index contributed by atoms with van der Waals surface area (Å²) in [4.78, 5) is 28.8. The fourth-order valence-corrected chi connectivity index (χ4v) is 3.38. The summed E-state index contributed by atoms with van der Waals surface area (Å²) < 4.78 is 5.62. The molecule has 2 aromatic rings. The highest BCUT2D eigenvalue weighted by molar-refractivity contribution is 6.33. The SMILES string of the molecule is CC(C)Oc1ccc(C(=O)N2CCN(CC(=O)Nc3ccccc3Cl)CC2)cc1. The Balaban J connectivity index is 1.48. The predicted octanol–water partition coefficient (Wildman–Crippen LogP) is 3.52. The Morgan fingerprint density at radius 2 is 1.69 bits per heavy atom. The first kappa shape index (κ1) is 21.1. The normalized spacial score (nSPS) is 14.7. The van der Waals surface area contributed by atoms with Crippen molar-refractivity contribution in [2.45, 2.75) is 20.0 Å². The number of rotatable bonds is 6. The average Bonchev–Trinajstić information content (AvgIpc) is 2.70. The van der Waals surface area contributed by atoms with Gasteiger partial charge in [-0.25, -0.2) is 0 Å². The van der Waals surface area contributed by atoms with E-state index in [-0.39, 0.29) is 24.5 Å². The minimum Gasteiger partial charge on any atom is -0.491 e. The maximum Gasteiger partial charge on any atom is 0.253 e. The Morgan fingerprint density at radius 1 is 1.03 bits per heavy atom. The number of carbonyl (C=O) groups excluding carboxylic acids is 2. The number of para-hydroxylation sites is 1. The number of nitrogens with zero attached hydrogens (tertiary/aromatic N) is 2. The van der Waals surface area contributed by atoms with Gasteiger partial charge in [-0.05, 0) is 50.2 Å². The first-order valence-corrected chi connectivity index (χ1v) is 10.1. The van der Waals surface area contributed by atoms with Crippen molar-refractivity contribution in [3.63, 3.8) is 0 Å². The fraction of sp³-hybridized carbons (Fsp3) is 0.364. The molecule has 154 valence electrons. The van der Waals surface area contributed by atoms with Crippen LogP contribution in [0.25, 0.3) is 0 Å². The van der Waals surface area contributed by atoms with Gasteiger partial charge in [-0.3, -0.25) is 14.5 Å². The molecule has 0 aliphatic carbocycles. The quantitative estimate of drug-likeness (QED) is 0.784. The van der Waals surface area contributed by atoms with Crippen LogP contribution in [0.1, 0.15) is 24.2 Å². The molecule has 29 heavy (non-hydrogen) atoms. The zero-order chi connectivity index (χ0) is 20.8. The van der Waals surface area contributed by atoms with Gasteiger partial charge in [-0.1, -0.05) is 23.7 Å². The van der Waals surface area contributed by atoms with Crippen LogP contribution in [0, 0.1) is 0 Å². The van der Waals surface area contributed by atoms with Gasteiger partial charge in [-0.2, -0.15) is 0 Å². The molecular formula is C22H26ClN3O3. The number of anilines is 1. The molecule has 0 saturated carbocycles. The summed E-state index contributed by atoms with van der Waals surface area (Å²) in [5, 5.41) is 3.35. The molecule has 2 amide bonds. The number of piperazine rings is 1. The van der Waals surface area contributed by atoms with Crippen molar-refractivity contribution < 1.29 is 14.3 Å². The molecule has 0 spiro atoms. The smallest absolute Gasteiger partial charge is 0.253 e. The van der Waals surface area contributed by atoms with Gasteiger partial charge in [0.15, 0.2) is 0 Å². The van der Waals surface area contributed by atoms with Crippen LogP contribution in [-0.2, 0) is 4.79 Å². The molecule has 0 bridgehead atoms. The molecule has 3 rings (SSSR count). The van der Waals surface area contributed by atoms with E-state index < -0.39 is 0 Å². The van der Waals surface area contributed by atoms with Gasteiger partial charge < -0.3 is 15.0 Å². The van der Waals surface area contributed by atoms with E-state index in [1.165, 1.54) is 0 Å². The summed E-state index contributed by atoms with van der Waals surface area (Å²) in [6, 6.07) is 14.4. The Morgan fingerprint density at radius 3 is 2.31 bits per heavy atom. The van der Waals surface area contributed by atoms with Gasteiger partial charge in [0.2, 0.25) is 5.91 Å². The largest absolute Gasteiger partial charge is 0.491 e. The van der Waals surface area contributed by atoms with Gasteiger partial charge in [-0.15, -0.1) is 0 Å². The zero-order valence-electron chi connectivity index (χ0n) is 16.7. The Bertz CT molecular complexity index is 847. The summed E-state index contributed by atoms with van der Waals surface area (Å²) >= 11 is 6.08. The van der Waals surface area contributed by atoms with E-state index in [4.69, 9.17) is 16.3 Å². The van der Waals surface area contributed by atoms with E-state index in [0.717, 1.165) is 5.75 Å². The van der Waals surface area contributed by atoms with Gasteiger partial charge >= 0.3 is 0 Å². The molecule has 1 aliphatic rings. The summed E-state index contributed by atoms with van der Waals surface area (Å²) in [5.74, 6) is 0.644. The standard InChI is InChI=1S/C22H26ClN3O3/c1-16(2)29-18-9-7-17(8-10-18)22(28)26-13-11-25(12-14-26)15-21(27)24-20-6-4-3-5-19(20)23/h3-10,16H,11-15H2,1-2H3,(H,24,27). The molecule has 0 atom stereocenters. The first-order chi connectivity index (χ1) is 13.9. The summed E-state index contributed by atoms with van der Waals surface area (Å²) in [6.07, 6.45) is 0.0970. The number of halogens is 1. The Kier molecular flexibility index (Phi) is 7.12. The number of carbonyl (C=O) groups is 2. The maximum absolute atomic E-state index is 12.7. The van der Waals surface area contributed by atoms with Crippen LogP contribution in [0.2, 0.25) is 5.02 Å². The van der Waals surface area contributed by atoms with Crippen LogP contribution in [0.3, 0.4) is 0 Å². The van der Waals surface area contributed by atoms with Gasteiger partial charge in [0.05, 0.1) is 23.4 Å². The van der Waals surface area contributed by atoms with E-state index >= 15 is 0 Å². The number of benzene rings is 2. The van der Waals surface area contributed by atoms with Gasteiger partial charge in [0.25, 0.3) is 5.91 Å². The number of hydrogen-bond donors (Lipinski definition) is 1. The summed E-state index contributed by atoms with van der Waals surface area (Å²) in [7, 11) is 0. The molecule has 1 N–H and O–H groups in total. The van der Waals surface area contributed by atoms with E-state index in [0.29, 0.717) is 42.5 Å². The third-order valence-corrected chi connectivity index (χ3v) is 4.98.